The molecule has 0 aliphatic carbocycles. The molecule has 0 radical (unpaired) electrons. The first-order valence-electron chi connectivity index (χ1n) is 7.72. The number of carbonyl (C=O) groups excluding carboxylic acids is 1. The number of aliphatic imine (C=N–C) groups is 1. The summed E-state index contributed by atoms with van der Waals surface area (Å²) in [6.45, 7) is 1.47. The van der Waals surface area contributed by atoms with E-state index in [4.69, 9.17) is 11.5 Å². The Morgan fingerprint density at radius 2 is 1.71 bits per heavy atom. The lowest BCUT2D eigenvalue weighted by Crippen LogP contribution is -2.24. The highest BCUT2D eigenvalue weighted by atomic mass is 32.2. The van der Waals surface area contributed by atoms with E-state index >= 15 is 0 Å². The SMILES string of the molecule is Cc1cc(Nc2ccccc2C(F)(F)F)c(S(C)(=O)=O)cc1C(=O)N=C(N)N. The van der Waals surface area contributed by atoms with Crippen molar-refractivity contribution in [2.75, 3.05) is 11.6 Å². The zero-order valence-corrected chi connectivity index (χ0v) is 15.6. The standard InChI is InChI=1S/C17H17F3N4O3S/c1-9-7-13(23-12-6-4-3-5-11(12)17(18,19)20)14(28(2,26)27)8-10(9)15(25)24-16(21)22/h3-8,23H,1-2H3,(H4,21,22,24,25). The van der Waals surface area contributed by atoms with Crippen LogP contribution in [-0.4, -0.2) is 26.5 Å². The summed E-state index contributed by atoms with van der Waals surface area (Å²) in [4.78, 5) is 15.1. The van der Waals surface area contributed by atoms with Crippen LogP contribution in [0, 0.1) is 6.92 Å². The number of rotatable bonds is 4. The van der Waals surface area contributed by atoms with Crippen molar-refractivity contribution in [3.05, 3.63) is 53.1 Å². The first kappa shape index (κ1) is 21.2. The number of amides is 1. The van der Waals surface area contributed by atoms with Gasteiger partial charge in [0.05, 0.1) is 21.8 Å². The number of benzene rings is 2. The zero-order chi connectivity index (χ0) is 21.3. The molecule has 5 N–H and O–H groups in total. The number of carbonyl (C=O) groups is 1. The van der Waals surface area contributed by atoms with Crippen molar-refractivity contribution in [2.45, 2.75) is 18.0 Å². The number of nitrogens with one attached hydrogen (secondary N) is 1. The second-order valence-electron chi connectivity index (χ2n) is 5.95. The summed E-state index contributed by atoms with van der Waals surface area (Å²) in [7, 11) is -3.91. The Bertz CT molecular complexity index is 1060. The number of anilines is 2. The van der Waals surface area contributed by atoms with Crippen molar-refractivity contribution in [3.8, 4) is 0 Å². The number of para-hydroxylation sites is 1. The predicted octanol–water partition coefficient (Wildman–Crippen LogP) is 2.57. The van der Waals surface area contributed by atoms with Crippen molar-refractivity contribution in [3.63, 3.8) is 0 Å². The van der Waals surface area contributed by atoms with Gasteiger partial charge in [-0.25, -0.2) is 8.42 Å². The maximum absolute atomic E-state index is 13.2. The number of guanidine groups is 1. The minimum Gasteiger partial charge on any atom is -0.370 e. The molecule has 0 atom stereocenters. The third-order valence-corrected chi connectivity index (χ3v) is 4.83. The minimum atomic E-state index is -4.65. The van der Waals surface area contributed by atoms with E-state index in [1.54, 1.807) is 0 Å². The highest BCUT2D eigenvalue weighted by Crippen LogP contribution is 2.37. The van der Waals surface area contributed by atoms with Crippen LogP contribution in [-0.2, 0) is 16.0 Å². The smallest absolute Gasteiger partial charge is 0.370 e. The Morgan fingerprint density at radius 1 is 1.11 bits per heavy atom. The molecular weight excluding hydrogens is 397 g/mol. The van der Waals surface area contributed by atoms with Crippen LogP contribution in [0.1, 0.15) is 21.5 Å². The first-order chi connectivity index (χ1) is 12.8. The number of nitrogens with zero attached hydrogens (tertiary/aromatic N) is 1. The van der Waals surface area contributed by atoms with Gasteiger partial charge in [-0.3, -0.25) is 4.79 Å². The number of hydrogen-bond donors (Lipinski definition) is 3. The summed E-state index contributed by atoms with van der Waals surface area (Å²) in [6, 6.07) is 6.90. The maximum atomic E-state index is 13.2. The molecule has 1 amide bonds. The number of nitrogens with two attached hydrogens (primary N) is 2. The van der Waals surface area contributed by atoms with Gasteiger partial charge in [0.25, 0.3) is 5.91 Å². The van der Waals surface area contributed by atoms with Crippen LogP contribution in [0.4, 0.5) is 24.5 Å². The summed E-state index contributed by atoms with van der Waals surface area (Å²) in [5, 5.41) is 2.51. The van der Waals surface area contributed by atoms with Crippen LogP contribution in [0.25, 0.3) is 0 Å². The van der Waals surface area contributed by atoms with E-state index in [1.807, 2.05) is 0 Å². The molecular formula is C17H17F3N4O3S. The third kappa shape index (κ3) is 4.80. The van der Waals surface area contributed by atoms with Crippen molar-refractivity contribution in [2.24, 2.45) is 16.5 Å². The van der Waals surface area contributed by atoms with E-state index < -0.39 is 33.4 Å². The molecule has 0 fully saturated rings. The van der Waals surface area contributed by atoms with Crippen LogP contribution in [0.2, 0.25) is 0 Å². The van der Waals surface area contributed by atoms with Crippen LogP contribution in [0.15, 0.2) is 46.3 Å². The lowest BCUT2D eigenvalue weighted by Gasteiger charge is -2.17. The molecule has 2 aromatic rings. The molecule has 0 bridgehead atoms. The Hall–Kier alpha value is -3.08. The van der Waals surface area contributed by atoms with Crippen molar-refractivity contribution >= 4 is 33.1 Å². The lowest BCUT2D eigenvalue weighted by molar-refractivity contribution is -0.136. The predicted molar refractivity (Wildman–Crippen MR) is 99.2 cm³/mol. The Morgan fingerprint density at radius 3 is 2.25 bits per heavy atom. The average Bonchev–Trinajstić information content (AvgIpc) is 2.52. The second kappa shape index (κ2) is 7.50. The van der Waals surface area contributed by atoms with E-state index in [0.717, 1.165) is 18.4 Å². The molecule has 0 heterocycles. The van der Waals surface area contributed by atoms with Crippen LogP contribution >= 0.6 is 0 Å². The van der Waals surface area contributed by atoms with Crippen LogP contribution in [0.5, 0.6) is 0 Å². The molecule has 2 aromatic carbocycles. The molecule has 0 aromatic heterocycles. The number of halogens is 3. The fourth-order valence-corrected chi connectivity index (χ4v) is 3.33. The summed E-state index contributed by atoms with van der Waals surface area (Å²) < 4.78 is 64.0. The summed E-state index contributed by atoms with van der Waals surface area (Å²) in [6.07, 6.45) is -3.78. The van der Waals surface area contributed by atoms with Gasteiger partial charge in [-0.05, 0) is 36.8 Å². The van der Waals surface area contributed by atoms with Crippen LogP contribution in [0.3, 0.4) is 0 Å². The number of aryl methyl sites for hydroxylation is 1. The average molecular weight is 414 g/mol. The van der Waals surface area contributed by atoms with Crippen molar-refractivity contribution in [1.29, 1.82) is 0 Å². The Kier molecular flexibility index (Phi) is 5.69. The third-order valence-electron chi connectivity index (χ3n) is 3.69. The van der Waals surface area contributed by atoms with E-state index in [-0.39, 0.29) is 27.4 Å². The van der Waals surface area contributed by atoms with Gasteiger partial charge in [-0.1, -0.05) is 12.1 Å². The Balaban J connectivity index is 2.65. The molecule has 0 spiro atoms. The molecule has 11 heteroatoms. The second-order valence-corrected chi connectivity index (χ2v) is 7.93. The summed E-state index contributed by atoms with van der Waals surface area (Å²) in [5.74, 6) is -1.38. The van der Waals surface area contributed by atoms with Gasteiger partial charge in [-0.15, -0.1) is 0 Å². The highest BCUT2D eigenvalue weighted by Gasteiger charge is 2.33. The van der Waals surface area contributed by atoms with E-state index in [9.17, 15) is 26.4 Å². The molecule has 0 saturated carbocycles. The molecule has 150 valence electrons. The first-order valence-corrected chi connectivity index (χ1v) is 9.61. The maximum Gasteiger partial charge on any atom is 0.418 e. The van der Waals surface area contributed by atoms with E-state index in [1.165, 1.54) is 31.2 Å². The summed E-state index contributed by atoms with van der Waals surface area (Å²) >= 11 is 0. The lowest BCUT2D eigenvalue weighted by atomic mass is 10.1. The zero-order valence-electron chi connectivity index (χ0n) is 14.8. The molecule has 0 saturated heterocycles. The monoisotopic (exact) mass is 414 g/mol. The van der Waals surface area contributed by atoms with Crippen molar-refractivity contribution < 1.29 is 26.4 Å². The van der Waals surface area contributed by atoms with Crippen LogP contribution < -0.4 is 16.8 Å². The topological polar surface area (TPSA) is 128 Å². The van der Waals surface area contributed by atoms with E-state index in [0.29, 0.717) is 0 Å². The van der Waals surface area contributed by atoms with Gasteiger partial charge in [0.15, 0.2) is 15.8 Å². The quantitative estimate of drug-likeness (QED) is 0.521. The van der Waals surface area contributed by atoms with Gasteiger partial charge >= 0.3 is 6.18 Å². The largest absolute Gasteiger partial charge is 0.418 e. The molecule has 2 rings (SSSR count). The van der Waals surface area contributed by atoms with Gasteiger partial charge in [-0.2, -0.15) is 18.2 Å². The number of hydrogen-bond acceptors (Lipinski definition) is 4. The normalized spacial score (nSPS) is 11.8. The molecule has 7 nitrogen and oxygen atoms in total. The number of alkyl halides is 3. The molecule has 0 aliphatic heterocycles. The van der Waals surface area contributed by atoms with Gasteiger partial charge < -0.3 is 16.8 Å². The van der Waals surface area contributed by atoms with Gasteiger partial charge in [0.1, 0.15) is 0 Å². The number of sulfone groups is 1. The summed E-state index contributed by atoms with van der Waals surface area (Å²) in [5.41, 5.74) is 9.10. The fourth-order valence-electron chi connectivity index (χ4n) is 2.48. The molecule has 0 aliphatic rings. The molecule has 0 unspecified atom stereocenters. The minimum absolute atomic E-state index is 0.0940. The van der Waals surface area contributed by atoms with Crippen molar-refractivity contribution in [1.82, 2.24) is 0 Å². The van der Waals surface area contributed by atoms with E-state index in [2.05, 4.69) is 10.3 Å². The Labute approximate surface area is 159 Å². The van der Waals surface area contributed by atoms with Gasteiger partial charge in [0, 0.05) is 11.8 Å². The fraction of sp³-hybridized carbons (Fsp3) is 0.176. The molecule has 28 heavy (non-hydrogen) atoms. The van der Waals surface area contributed by atoms with Gasteiger partial charge in [0.2, 0.25) is 0 Å². The highest BCUT2D eigenvalue weighted by molar-refractivity contribution is 7.90.